The van der Waals surface area contributed by atoms with Crippen LogP contribution in [0.25, 0.3) is 0 Å². The molecule has 2 aliphatic rings. The summed E-state index contributed by atoms with van der Waals surface area (Å²) in [5, 5.41) is 2.85. The van der Waals surface area contributed by atoms with Crippen LogP contribution in [0.2, 0.25) is 0 Å². The van der Waals surface area contributed by atoms with E-state index < -0.39 is 10.2 Å². The molecule has 8 nitrogen and oxygen atoms in total. The minimum atomic E-state index is -3.50. The van der Waals surface area contributed by atoms with Crippen LogP contribution in [0.4, 0.5) is 5.69 Å². The van der Waals surface area contributed by atoms with Crippen LogP contribution < -0.4 is 14.8 Å². The lowest BCUT2D eigenvalue weighted by molar-refractivity contribution is -0.120. The molecule has 0 spiro atoms. The van der Waals surface area contributed by atoms with Crippen LogP contribution in [0.3, 0.4) is 0 Å². The first-order valence-electron chi connectivity index (χ1n) is 8.26. The molecule has 0 aliphatic carbocycles. The Hall–Kier alpha value is -1.84. The molecule has 25 heavy (non-hydrogen) atoms. The molecule has 1 atom stereocenters. The van der Waals surface area contributed by atoms with Gasteiger partial charge in [0.05, 0.1) is 5.92 Å². The van der Waals surface area contributed by atoms with Gasteiger partial charge in [-0.2, -0.15) is 17.0 Å². The summed E-state index contributed by atoms with van der Waals surface area (Å²) in [6.45, 7) is 1.62. The number of anilines is 1. The molecular weight excluding hydrogens is 346 g/mol. The summed E-state index contributed by atoms with van der Waals surface area (Å²) in [5.41, 5.74) is 0.613. The van der Waals surface area contributed by atoms with Gasteiger partial charge in [0.2, 0.25) is 5.91 Å². The molecule has 1 saturated heterocycles. The van der Waals surface area contributed by atoms with Gasteiger partial charge in [-0.3, -0.25) is 4.79 Å². The van der Waals surface area contributed by atoms with Gasteiger partial charge >= 0.3 is 0 Å². The molecule has 2 heterocycles. The van der Waals surface area contributed by atoms with E-state index in [0.717, 1.165) is 0 Å². The van der Waals surface area contributed by atoms with Crippen LogP contribution >= 0.6 is 0 Å². The van der Waals surface area contributed by atoms with E-state index in [0.29, 0.717) is 49.8 Å². The molecule has 0 saturated carbocycles. The number of benzene rings is 1. The molecule has 1 aromatic carbocycles. The molecular formula is C16H23N3O5S. The molecule has 9 heteroatoms. The number of hydrogen-bond acceptors (Lipinski definition) is 5. The molecule has 1 aromatic rings. The molecule has 1 N–H and O–H groups in total. The fraction of sp³-hybridized carbons (Fsp3) is 0.562. The zero-order valence-electron chi connectivity index (χ0n) is 14.4. The molecule has 0 radical (unpaired) electrons. The Kier molecular flexibility index (Phi) is 5.16. The highest BCUT2D eigenvalue weighted by molar-refractivity contribution is 7.86. The van der Waals surface area contributed by atoms with Crippen molar-refractivity contribution in [2.75, 3.05) is 45.7 Å². The maximum Gasteiger partial charge on any atom is 0.281 e. The van der Waals surface area contributed by atoms with E-state index in [1.54, 1.807) is 18.2 Å². The van der Waals surface area contributed by atoms with Gasteiger partial charge in [-0.25, -0.2) is 0 Å². The van der Waals surface area contributed by atoms with Crippen molar-refractivity contribution in [2.24, 2.45) is 5.92 Å². The zero-order chi connectivity index (χ0) is 18.0. The predicted molar refractivity (Wildman–Crippen MR) is 93.0 cm³/mol. The molecule has 138 valence electrons. The van der Waals surface area contributed by atoms with E-state index in [9.17, 15) is 13.2 Å². The molecule has 1 amide bonds. The Morgan fingerprint density at radius 1 is 1.24 bits per heavy atom. The molecule has 1 fully saturated rings. The Morgan fingerprint density at radius 2 is 1.96 bits per heavy atom. The van der Waals surface area contributed by atoms with Crippen LogP contribution in [-0.4, -0.2) is 63.3 Å². The minimum Gasteiger partial charge on any atom is -0.486 e. The standard InChI is InChI=1S/C16H23N3O5S/c1-18(2)25(21,22)19-7-3-4-12(11-19)16(20)17-13-5-6-14-15(10-13)24-9-8-23-14/h5-6,10,12H,3-4,7-9,11H2,1-2H3,(H,17,20). The van der Waals surface area contributed by atoms with Crippen molar-refractivity contribution in [1.29, 1.82) is 0 Å². The van der Waals surface area contributed by atoms with Crippen molar-refractivity contribution in [1.82, 2.24) is 8.61 Å². The highest BCUT2D eigenvalue weighted by Gasteiger charge is 2.33. The van der Waals surface area contributed by atoms with E-state index in [4.69, 9.17) is 9.47 Å². The number of rotatable bonds is 4. The summed E-state index contributed by atoms with van der Waals surface area (Å²) in [4.78, 5) is 12.6. The second-order valence-corrected chi connectivity index (χ2v) is 8.48. The van der Waals surface area contributed by atoms with Gasteiger partial charge in [-0.1, -0.05) is 0 Å². The van der Waals surface area contributed by atoms with Crippen molar-refractivity contribution in [2.45, 2.75) is 12.8 Å². The molecule has 0 bridgehead atoms. The quantitative estimate of drug-likeness (QED) is 0.852. The summed E-state index contributed by atoms with van der Waals surface area (Å²) in [6.07, 6.45) is 1.32. The van der Waals surface area contributed by atoms with Crippen molar-refractivity contribution in [3.8, 4) is 11.5 Å². The van der Waals surface area contributed by atoms with E-state index in [-0.39, 0.29) is 18.4 Å². The summed E-state index contributed by atoms with van der Waals surface area (Å²) in [5.74, 6) is 0.696. The van der Waals surface area contributed by atoms with Gasteiger partial charge in [0.1, 0.15) is 13.2 Å². The van der Waals surface area contributed by atoms with Gasteiger partial charge in [-0.05, 0) is 25.0 Å². The summed E-state index contributed by atoms with van der Waals surface area (Å²) in [6, 6.07) is 5.24. The minimum absolute atomic E-state index is 0.185. The number of ether oxygens (including phenoxy) is 2. The number of amides is 1. The number of piperidine rings is 1. The van der Waals surface area contributed by atoms with E-state index >= 15 is 0 Å². The van der Waals surface area contributed by atoms with Crippen molar-refractivity contribution in [3.05, 3.63) is 18.2 Å². The second kappa shape index (κ2) is 7.19. The van der Waals surface area contributed by atoms with E-state index in [2.05, 4.69) is 5.32 Å². The Labute approximate surface area is 147 Å². The third-order valence-corrected chi connectivity index (χ3v) is 6.26. The highest BCUT2D eigenvalue weighted by atomic mass is 32.2. The SMILES string of the molecule is CN(C)S(=O)(=O)N1CCCC(C(=O)Nc2ccc3c(c2)OCCO3)C1. The van der Waals surface area contributed by atoms with Gasteiger partial charge < -0.3 is 14.8 Å². The first-order chi connectivity index (χ1) is 11.9. The maximum absolute atomic E-state index is 12.6. The van der Waals surface area contributed by atoms with Crippen LogP contribution in [0, 0.1) is 5.92 Å². The van der Waals surface area contributed by atoms with Gasteiger partial charge in [0, 0.05) is 38.9 Å². The first-order valence-corrected chi connectivity index (χ1v) is 9.66. The van der Waals surface area contributed by atoms with Crippen LogP contribution in [0.5, 0.6) is 11.5 Å². The first kappa shape index (κ1) is 18.0. The Morgan fingerprint density at radius 3 is 2.68 bits per heavy atom. The van der Waals surface area contributed by atoms with Gasteiger partial charge in [-0.15, -0.1) is 0 Å². The van der Waals surface area contributed by atoms with Crippen LogP contribution in [0.15, 0.2) is 18.2 Å². The lowest BCUT2D eigenvalue weighted by Gasteiger charge is -2.32. The predicted octanol–water partition coefficient (Wildman–Crippen LogP) is 0.915. The lowest BCUT2D eigenvalue weighted by atomic mass is 9.98. The second-order valence-electron chi connectivity index (χ2n) is 6.34. The lowest BCUT2D eigenvalue weighted by Crippen LogP contribution is -2.47. The monoisotopic (exact) mass is 369 g/mol. The molecule has 0 aromatic heterocycles. The summed E-state index contributed by atoms with van der Waals surface area (Å²) < 4.78 is 38.0. The third kappa shape index (κ3) is 3.88. The maximum atomic E-state index is 12.6. The highest BCUT2D eigenvalue weighted by Crippen LogP contribution is 2.33. The van der Waals surface area contributed by atoms with Gasteiger partial charge in [0.15, 0.2) is 11.5 Å². The zero-order valence-corrected chi connectivity index (χ0v) is 15.2. The topological polar surface area (TPSA) is 88.2 Å². The molecule has 1 unspecified atom stereocenters. The van der Waals surface area contributed by atoms with Crippen molar-refractivity contribution in [3.63, 3.8) is 0 Å². The van der Waals surface area contributed by atoms with Gasteiger partial charge in [0.25, 0.3) is 10.2 Å². The fourth-order valence-corrected chi connectivity index (χ4v) is 4.15. The fourth-order valence-electron chi connectivity index (χ4n) is 2.96. The third-order valence-electron chi connectivity index (χ3n) is 4.35. The number of nitrogens with one attached hydrogen (secondary N) is 1. The van der Waals surface area contributed by atoms with Crippen molar-refractivity contribution < 1.29 is 22.7 Å². The smallest absolute Gasteiger partial charge is 0.281 e. The largest absolute Gasteiger partial charge is 0.486 e. The number of carbonyl (C=O) groups is 1. The van der Waals surface area contributed by atoms with E-state index in [1.807, 2.05) is 0 Å². The average Bonchev–Trinajstić information content (AvgIpc) is 2.61. The molecule has 2 aliphatic heterocycles. The average molecular weight is 369 g/mol. The Bertz CT molecular complexity index is 750. The van der Waals surface area contributed by atoms with E-state index in [1.165, 1.54) is 22.7 Å². The summed E-state index contributed by atoms with van der Waals surface area (Å²) in [7, 11) is -0.513. The molecule has 3 rings (SSSR count). The number of fused-ring (bicyclic) bond motifs is 1. The normalized spacial score (nSPS) is 21.2. The van der Waals surface area contributed by atoms with Crippen LogP contribution in [-0.2, 0) is 15.0 Å². The van der Waals surface area contributed by atoms with Crippen molar-refractivity contribution >= 4 is 21.8 Å². The summed E-state index contributed by atoms with van der Waals surface area (Å²) >= 11 is 0. The Balaban J connectivity index is 1.67. The number of hydrogen-bond donors (Lipinski definition) is 1. The van der Waals surface area contributed by atoms with Crippen LogP contribution in [0.1, 0.15) is 12.8 Å². The number of carbonyl (C=O) groups excluding carboxylic acids is 1. The number of nitrogens with zero attached hydrogens (tertiary/aromatic N) is 2.